The summed E-state index contributed by atoms with van der Waals surface area (Å²) in [6.07, 6.45) is 0.293. The molecular formula is C26H29N3O7. The van der Waals surface area contributed by atoms with Crippen molar-refractivity contribution in [3.8, 4) is 0 Å². The smallest absolute Gasteiger partial charge is 0.409 e. The SMILES string of the molecule is CCOC(=O)N1CCC(N2C(=O)c3ccccc3[C@H]2Nc2cc(C(=O)OC)cc(C(=O)OC)c2)CC1. The molecule has 10 heteroatoms. The van der Waals surface area contributed by atoms with Crippen molar-refractivity contribution in [1.82, 2.24) is 9.80 Å². The Balaban J connectivity index is 1.65. The van der Waals surface area contributed by atoms with Crippen LogP contribution in [0.5, 0.6) is 0 Å². The van der Waals surface area contributed by atoms with Gasteiger partial charge >= 0.3 is 18.0 Å². The maximum absolute atomic E-state index is 13.5. The molecule has 2 aliphatic rings. The first-order valence-corrected chi connectivity index (χ1v) is 11.8. The average Bonchev–Trinajstić information content (AvgIpc) is 3.18. The number of hydrogen-bond acceptors (Lipinski definition) is 8. The van der Waals surface area contributed by atoms with Gasteiger partial charge in [-0.2, -0.15) is 0 Å². The molecule has 0 saturated carbocycles. The number of piperidine rings is 1. The maximum atomic E-state index is 13.5. The Morgan fingerprint density at radius 1 is 0.972 bits per heavy atom. The molecule has 0 radical (unpaired) electrons. The van der Waals surface area contributed by atoms with E-state index in [0.717, 1.165) is 5.56 Å². The second kappa shape index (κ2) is 10.7. The van der Waals surface area contributed by atoms with Gasteiger partial charge in [0.2, 0.25) is 0 Å². The molecule has 4 rings (SSSR count). The van der Waals surface area contributed by atoms with Gasteiger partial charge in [0.25, 0.3) is 5.91 Å². The number of nitrogens with zero attached hydrogens (tertiary/aromatic N) is 2. The molecule has 0 spiro atoms. The lowest BCUT2D eigenvalue weighted by molar-refractivity contribution is 0.0493. The first kappa shape index (κ1) is 25.0. The van der Waals surface area contributed by atoms with Gasteiger partial charge in [-0.25, -0.2) is 14.4 Å². The van der Waals surface area contributed by atoms with Gasteiger partial charge in [0, 0.05) is 35.9 Å². The molecule has 1 atom stereocenters. The number of methoxy groups -OCH3 is 2. The van der Waals surface area contributed by atoms with E-state index in [1.807, 2.05) is 18.2 Å². The third-order valence-corrected chi connectivity index (χ3v) is 6.46. The summed E-state index contributed by atoms with van der Waals surface area (Å²) in [6.45, 7) is 3.02. The van der Waals surface area contributed by atoms with Crippen molar-refractivity contribution in [3.63, 3.8) is 0 Å². The molecule has 2 heterocycles. The minimum Gasteiger partial charge on any atom is -0.465 e. The lowest BCUT2D eigenvalue weighted by Crippen LogP contribution is -2.49. The Kier molecular flexibility index (Phi) is 7.42. The number of amides is 2. The molecule has 2 amide bonds. The van der Waals surface area contributed by atoms with Gasteiger partial charge in [0.05, 0.1) is 32.0 Å². The molecule has 1 N–H and O–H groups in total. The topological polar surface area (TPSA) is 114 Å². The molecule has 36 heavy (non-hydrogen) atoms. The van der Waals surface area contributed by atoms with E-state index < -0.39 is 18.1 Å². The third kappa shape index (κ3) is 4.84. The molecule has 190 valence electrons. The number of esters is 2. The van der Waals surface area contributed by atoms with E-state index >= 15 is 0 Å². The van der Waals surface area contributed by atoms with E-state index in [9.17, 15) is 19.2 Å². The summed E-state index contributed by atoms with van der Waals surface area (Å²) in [5, 5.41) is 3.35. The predicted octanol–water partition coefficient (Wildman–Crippen LogP) is 3.45. The third-order valence-electron chi connectivity index (χ3n) is 6.46. The molecule has 2 aliphatic heterocycles. The lowest BCUT2D eigenvalue weighted by Gasteiger charge is -2.39. The van der Waals surface area contributed by atoms with Gasteiger partial charge in [-0.15, -0.1) is 0 Å². The largest absolute Gasteiger partial charge is 0.465 e. The van der Waals surface area contributed by atoms with Gasteiger partial charge in [-0.3, -0.25) is 4.79 Å². The second-order valence-corrected chi connectivity index (χ2v) is 8.55. The summed E-state index contributed by atoms with van der Waals surface area (Å²) in [4.78, 5) is 53.6. The van der Waals surface area contributed by atoms with Gasteiger partial charge < -0.3 is 29.3 Å². The summed E-state index contributed by atoms with van der Waals surface area (Å²) >= 11 is 0. The molecule has 0 aromatic heterocycles. The minimum atomic E-state index is -0.602. The second-order valence-electron chi connectivity index (χ2n) is 8.55. The number of ether oxygens (including phenoxy) is 3. The highest BCUT2D eigenvalue weighted by molar-refractivity contribution is 6.00. The van der Waals surface area contributed by atoms with Gasteiger partial charge in [-0.1, -0.05) is 18.2 Å². The number of fused-ring (bicyclic) bond motifs is 1. The zero-order valence-corrected chi connectivity index (χ0v) is 20.5. The van der Waals surface area contributed by atoms with Crippen LogP contribution in [0.1, 0.15) is 62.6 Å². The Morgan fingerprint density at radius 3 is 2.17 bits per heavy atom. The molecule has 1 fully saturated rings. The minimum absolute atomic E-state index is 0.116. The number of carbonyl (C=O) groups is 4. The molecule has 0 bridgehead atoms. The van der Waals surface area contributed by atoms with Crippen LogP contribution in [0.3, 0.4) is 0 Å². The first-order chi connectivity index (χ1) is 17.4. The van der Waals surface area contributed by atoms with Crippen LogP contribution in [0, 0.1) is 0 Å². The van der Waals surface area contributed by atoms with Crippen LogP contribution < -0.4 is 5.32 Å². The molecule has 0 unspecified atom stereocenters. The number of benzene rings is 2. The van der Waals surface area contributed by atoms with E-state index in [-0.39, 0.29) is 29.2 Å². The molecule has 2 aromatic rings. The van der Waals surface area contributed by atoms with Crippen molar-refractivity contribution in [1.29, 1.82) is 0 Å². The first-order valence-electron chi connectivity index (χ1n) is 11.8. The van der Waals surface area contributed by atoms with Crippen molar-refractivity contribution >= 4 is 29.6 Å². The fraction of sp³-hybridized carbons (Fsp3) is 0.385. The number of anilines is 1. The average molecular weight is 496 g/mol. The normalized spacial score (nSPS) is 17.4. The number of likely N-dealkylation sites (tertiary alicyclic amines) is 1. The summed E-state index contributed by atoms with van der Waals surface area (Å²) < 4.78 is 14.8. The summed E-state index contributed by atoms with van der Waals surface area (Å²) in [5.41, 5.74) is 2.19. The summed E-state index contributed by atoms with van der Waals surface area (Å²) in [5.74, 6) is -1.32. The predicted molar refractivity (Wildman–Crippen MR) is 130 cm³/mol. The molecule has 0 aliphatic carbocycles. The molecule has 1 saturated heterocycles. The van der Waals surface area contributed by atoms with Gasteiger partial charge in [0.15, 0.2) is 0 Å². The van der Waals surface area contributed by atoms with Crippen LogP contribution in [-0.4, -0.2) is 73.7 Å². The standard InChI is InChI=1S/C26H29N3O7/c1-4-36-26(33)28-11-9-19(10-12-28)29-22(20-7-5-6-8-21(20)23(29)30)27-18-14-16(24(31)34-2)13-17(15-18)25(32)35-3/h5-8,13-15,19,22,27H,4,9-12H2,1-3H3/t22-/m0/s1. The van der Waals surface area contributed by atoms with E-state index in [0.29, 0.717) is 43.8 Å². The maximum Gasteiger partial charge on any atom is 0.409 e. The van der Waals surface area contributed by atoms with Gasteiger partial charge in [-0.05, 0) is 44.0 Å². The fourth-order valence-electron chi connectivity index (χ4n) is 4.74. The van der Waals surface area contributed by atoms with Crippen molar-refractivity contribution in [2.75, 3.05) is 39.2 Å². The van der Waals surface area contributed by atoms with E-state index in [4.69, 9.17) is 14.2 Å². The Bertz CT molecular complexity index is 1140. The Morgan fingerprint density at radius 2 is 1.58 bits per heavy atom. The monoisotopic (exact) mass is 495 g/mol. The highest BCUT2D eigenvalue weighted by Gasteiger charge is 2.42. The van der Waals surface area contributed by atoms with E-state index in [1.54, 1.807) is 34.9 Å². The Labute approximate surface area is 209 Å². The highest BCUT2D eigenvalue weighted by atomic mass is 16.6. The van der Waals surface area contributed by atoms with Crippen LogP contribution in [0.2, 0.25) is 0 Å². The zero-order chi connectivity index (χ0) is 25.8. The fourth-order valence-corrected chi connectivity index (χ4v) is 4.74. The van der Waals surface area contributed by atoms with Crippen LogP contribution in [-0.2, 0) is 14.2 Å². The van der Waals surface area contributed by atoms with Gasteiger partial charge in [0.1, 0.15) is 6.17 Å². The van der Waals surface area contributed by atoms with Crippen molar-refractivity contribution in [3.05, 3.63) is 64.7 Å². The number of rotatable bonds is 6. The quantitative estimate of drug-likeness (QED) is 0.479. The number of nitrogens with one attached hydrogen (secondary N) is 1. The molecule has 10 nitrogen and oxygen atoms in total. The van der Waals surface area contributed by atoms with Crippen molar-refractivity contribution in [2.24, 2.45) is 0 Å². The van der Waals surface area contributed by atoms with Crippen molar-refractivity contribution < 1.29 is 33.4 Å². The Hall–Kier alpha value is -4.08. The molecular weight excluding hydrogens is 466 g/mol. The lowest BCUT2D eigenvalue weighted by atomic mass is 10.0. The van der Waals surface area contributed by atoms with Crippen LogP contribution in [0.15, 0.2) is 42.5 Å². The van der Waals surface area contributed by atoms with Crippen molar-refractivity contribution in [2.45, 2.75) is 32.0 Å². The van der Waals surface area contributed by atoms with Crippen LogP contribution in [0.4, 0.5) is 10.5 Å². The highest BCUT2D eigenvalue weighted by Crippen LogP contribution is 2.38. The molecule has 2 aromatic carbocycles. The number of carbonyl (C=O) groups excluding carboxylic acids is 4. The van der Waals surface area contributed by atoms with Crippen LogP contribution >= 0.6 is 0 Å². The zero-order valence-electron chi connectivity index (χ0n) is 20.5. The van der Waals surface area contributed by atoms with Crippen LogP contribution in [0.25, 0.3) is 0 Å². The van der Waals surface area contributed by atoms with E-state index in [1.165, 1.54) is 20.3 Å². The number of hydrogen-bond donors (Lipinski definition) is 1. The van der Waals surface area contributed by atoms with E-state index in [2.05, 4.69) is 5.32 Å². The summed E-state index contributed by atoms with van der Waals surface area (Å²) in [7, 11) is 2.52. The summed E-state index contributed by atoms with van der Waals surface area (Å²) in [6, 6.07) is 11.8.